The predicted octanol–water partition coefficient (Wildman–Crippen LogP) is 5.43. The molecule has 1 aromatic carbocycles. The Morgan fingerprint density at radius 2 is 2.10 bits per heavy atom. The van der Waals surface area contributed by atoms with Gasteiger partial charge < -0.3 is 14.5 Å². The summed E-state index contributed by atoms with van der Waals surface area (Å²) in [6, 6.07) is 5.34. The van der Waals surface area contributed by atoms with E-state index >= 15 is 0 Å². The van der Waals surface area contributed by atoms with Gasteiger partial charge in [-0.1, -0.05) is 30.1 Å². The highest BCUT2D eigenvalue weighted by Gasteiger charge is 2.10. The zero-order chi connectivity index (χ0) is 15.2. The molecule has 0 atom stereocenters. The van der Waals surface area contributed by atoms with E-state index in [4.69, 9.17) is 32.4 Å². The second-order valence-corrected chi connectivity index (χ2v) is 6.20. The second kappa shape index (κ2) is 8.08. The van der Waals surface area contributed by atoms with Crippen molar-refractivity contribution in [1.29, 1.82) is 0 Å². The SMILES string of the molecule is CCCNCc1ccoc1COc1cc(Cl)c(Br)cc1Cl. The van der Waals surface area contributed by atoms with Crippen LogP contribution in [0, 0.1) is 0 Å². The summed E-state index contributed by atoms with van der Waals surface area (Å²) in [4.78, 5) is 0. The molecule has 0 radical (unpaired) electrons. The number of benzene rings is 1. The third-order valence-electron chi connectivity index (χ3n) is 2.91. The Hall–Kier alpha value is -0.680. The van der Waals surface area contributed by atoms with Crippen molar-refractivity contribution in [2.45, 2.75) is 26.5 Å². The fourth-order valence-corrected chi connectivity index (χ4v) is 2.66. The molecule has 0 unspecified atom stereocenters. The molecule has 1 N–H and O–H groups in total. The van der Waals surface area contributed by atoms with Crippen LogP contribution in [0.25, 0.3) is 0 Å². The Balaban J connectivity index is 2.00. The standard InChI is InChI=1S/C15H16BrCl2NO2/c1-2-4-19-8-10-3-5-20-15(10)9-21-14-7-12(17)11(16)6-13(14)18/h3,5-7,19H,2,4,8-9H2,1H3. The van der Waals surface area contributed by atoms with E-state index in [1.165, 1.54) is 0 Å². The van der Waals surface area contributed by atoms with E-state index in [1.54, 1.807) is 18.4 Å². The molecule has 2 rings (SSSR count). The van der Waals surface area contributed by atoms with Gasteiger partial charge in [-0.05, 0) is 41.0 Å². The van der Waals surface area contributed by atoms with Crippen LogP contribution in [0.2, 0.25) is 10.0 Å². The summed E-state index contributed by atoms with van der Waals surface area (Å²) in [5.74, 6) is 1.32. The summed E-state index contributed by atoms with van der Waals surface area (Å²) < 4.78 is 11.9. The molecule has 0 aliphatic heterocycles. The summed E-state index contributed by atoms with van der Waals surface area (Å²) in [7, 11) is 0. The average Bonchev–Trinajstić information content (AvgIpc) is 2.89. The molecule has 2 aromatic rings. The molecule has 0 aliphatic rings. The monoisotopic (exact) mass is 391 g/mol. The molecule has 0 saturated heterocycles. The zero-order valence-electron chi connectivity index (χ0n) is 11.6. The molecule has 0 saturated carbocycles. The van der Waals surface area contributed by atoms with Gasteiger partial charge in [-0.3, -0.25) is 0 Å². The number of hydrogen-bond donors (Lipinski definition) is 1. The van der Waals surface area contributed by atoms with Crippen LogP contribution in [0.1, 0.15) is 24.7 Å². The van der Waals surface area contributed by atoms with E-state index in [0.29, 0.717) is 22.4 Å². The minimum atomic E-state index is 0.313. The van der Waals surface area contributed by atoms with Crippen LogP contribution in [-0.2, 0) is 13.2 Å². The maximum absolute atomic E-state index is 6.13. The summed E-state index contributed by atoms with van der Waals surface area (Å²) in [5, 5.41) is 4.39. The maximum atomic E-state index is 6.13. The number of furan rings is 1. The third kappa shape index (κ3) is 4.65. The van der Waals surface area contributed by atoms with Crippen LogP contribution in [0.15, 0.2) is 33.4 Å². The molecule has 0 amide bonds. The normalized spacial score (nSPS) is 10.9. The number of nitrogens with one attached hydrogen (secondary N) is 1. The highest BCUT2D eigenvalue weighted by atomic mass is 79.9. The van der Waals surface area contributed by atoms with E-state index in [9.17, 15) is 0 Å². The minimum Gasteiger partial charge on any atom is -0.484 e. The highest BCUT2D eigenvalue weighted by molar-refractivity contribution is 9.10. The van der Waals surface area contributed by atoms with Gasteiger partial charge in [-0.2, -0.15) is 0 Å². The van der Waals surface area contributed by atoms with Gasteiger partial charge in [-0.25, -0.2) is 0 Å². The Kier molecular flexibility index (Phi) is 6.42. The van der Waals surface area contributed by atoms with Gasteiger partial charge in [0.25, 0.3) is 0 Å². The lowest BCUT2D eigenvalue weighted by Crippen LogP contribution is -2.14. The molecule has 21 heavy (non-hydrogen) atoms. The summed E-state index contributed by atoms with van der Waals surface area (Å²) in [6.45, 7) is 4.18. The largest absolute Gasteiger partial charge is 0.484 e. The molecule has 0 fully saturated rings. The molecular weight excluding hydrogens is 377 g/mol. The first-order valence-corrected chi connectivity index (χ1v) is 8.20. The smallest absolute Gasteiger partial charge is 0.146 e. The predicted molar refractivity (Wildman–Crippen MR) is 89.2 cm³/mol. The van der Waals surface area contributed by atoms with Gasteiger partial charge in [0.05, 0.1) is 16.3 Å². The van der Waals surface area contributed by atoms with Crippen molar-refractivity contribution in [3.8, 4) is 5.75 Å². The van der Waals surface area contributed by atoms with Crippen molar-refractivity contribution in [2.24, 2.45) is 0 Å². The van der Waals surface area contributed by atoms with Gasteiger partial charge in [0, 0.05) is 22.6 Å². The molecule has 6 heteroatoms. The number of halogens is 3. The van der Waals surface area contributed by atoms with Crippen molar-refractivity contribution in [3.63, 3.8) is 0 Å². The summed E-state index contributed by atoms with van der Waals surface area (Å²) in [6.07, 6.45) is 2.76. The summed E-state index contributed by atoms with van der Waals surface area (Å²) >= 11 is 15.5. The first kappa shape index (κ1) is 16.7. The second-order valence-electron chi connectivity index (χ2n) is 4.53. The number of ether oxygens (including phenoxy) is 1. The van der Waals surface area contributed by atoms with E-state index in [-0.39, 0.29) is 0 Å². The van der Waals surface area contributed by atoms with Crippen LogP contribution < -0.4 is 10.1 Å². The number of hydrogen-bond acceptors (Lipinski definition) is 3. The van der Waals surface area contributed by atoms with E-state index < -0.39 is 0 Å². The molecular formula is C15H16BrCl2NO2. The third-order valence-corrected chi connectivity index (χ3v) is 4.41. The highest BCUT2D eigenvalue weighted by Crippen LogP contribution is 2.34. The minimum absolute atomic E-state index is 0.313. The topological polar surface area (TPSA) is 34.4 Å². The van der Waals surface area contributed by atoms with E-state index in [2.05, 4.69) is 28.2 Å². The van der Waals surface area contributed by atoms with E-state index in [0.717, 1.165) is 35.3 Å². The zero-order valence-corrected chi connectivity index (χ0v) is 14.7. The molecule has 1 heterocycles. The fourth-order valence-electron chi connectivity index (χ4n) is 1.81. The van der Waals surface area contributed by atoms with Gasteiger partial charge in [0.15, 0.2) is 0 Å². The number of rotatable bonds is 7. The van der Waals surface area contributed by atoms with Gasteiger partial charge in [0.1, 0.15) is 18.1 Å². The Bertz CT molecular complexity index is 601. The molecule has 0 spiro atoms. The lowest BCUT2D eigenvalue weighted by Gasteiger charge is -2.09. The van der Waals surface area contributed by atoms with Crippen molar-refractivity contribution in [1.82, 2.24) is 5.32 Å². The lowest BCUT2D eigenvalue weighted by atomic mass is 10.2. The van der Waals surface area contributed by atoms with Crippen LogP contribution in [-0.4, -0.2) is 6.54 Å². The van der Waals surface area contributed by atoms with Crippen molar-refractivity contribution >= 4 is 39.1 Å². The molecule has 1 aromatic heterocycles. The Morgan fingerprint density at radius 1 is 1.29 bits per heavy atom. The Labute approximate surface area is 142 Å². The van der Waals surface area contributed by atoms with Crippen LogP contribution in [0.4, 0.5) is 0 Å². The first-order valence-electron chi connectivity index (χ1n) is 6.65. The van der Waals surface area contributed by atoms with Crippen LogP contribution in [0.5, 0.6) is 5.75 Å². The fraction of sp³-hybridized carbons (Fsp3) is 0.333. The van der Waals surface area contributed by atoms with Gasteiger partial charge in [0.2, 0.25) is 0 Å². The first-order chi connectivity index (χ1) is 10.1. The molecule has 114 valence electrons. The van der Waals surface area contributed by atoms with E-state index in [1.807, 2.05) is 6.07 Å². The Morgan fingerprint density at radius 3 is 2.86 bits per heavy atom. The van der Waals surface area contributed by atoms with Crippen molar-refractivity contribution in [3.05, 3.63) is 50.3 Å². The maximum Gasteiger partial charge on any atom is 0.146 e. The van der Waals surface area contributed by atoms with Crippen molar-refractivity contribution < 1.29 is 9.15 Å². The molecule has 3 nitrogen and oxygen atoms in total. The molecule has 0 bridgehead atoms. The van der Waals surface area contributed by atoms with Gasteiger partial charge in [-0.15, -0.1) is 0 Å². The van der Waals surface area contributed by atoms with Crippen LogP contribution >= 0.6 is 39.1 Å². The van der Waals surface area contributed by atoms with Gasteiger partial charge >= 0.3 is 0 Å². The van der Waals surface area contributed by atoms with Crippen LogP contribution in [0.3, 0.4) is 0 Å². The quantitative estimate of drug-likeness (QED) is 0.504. The van der Waals surface area contributed by atoms with Crippen molar-refractivity contribution in [2.75, 3.05) is 6.54 Å². The summed E-state index contributed by atoms with van der Waals surface area (Å²) in [5.41, 5.74) is 1.09. The molecule has 0 aliphatic carbocycles. The average molecular weight is 393 g/mol. The lowest BCUT2D eigenvalue weighted by molar-refractivity contribution is 0.268.